The van der Waals surface area contributed by atoms with Crippen LogP contribution < -0.4 is 9.62 Å². The van der Waals surface area contributed by atoms with Crippen molar-refractivity contribution in [3.8, 4) is 0 Å². The fourth-order valence-electron chi connectivity index (χ4n) is 3.39. The van der Waals surface area contributed by atoms with Gasteiger partial charge in [-0.25, -0.2) is 13.1 Å². The quantitative estimate of drug-likeness (QED) is 0.686. The molecule has 6 nitrogen and oxygen atoms in total. The van der Waals surface area contributed by atoms with Gasteiger partial charge in [0.1, 0.15) is 5.52 Å². The second kappa shape index (κ2) is 7.77. The summed E-state index contributed by atoms with van der Waals surface area (Å²) in [4.78, 5) is 6.59. The van der Waals surface area contributed by atoms with E-state index in [2.05, 4.69) is 9.71 Å². The number of para-hydroxylation sites is 2. The number of anilines is 1. The zero-order chi connectivity index (χ0) is 19.6. The van der Waals surface area contributed by atoms with Crippen molar-refractivity contribution < 1.29 is 12.8 Å². The van der Waals surface area contributed by atoms with Gasteiger partial charge in [0.2, 0.25) is 10.0 Å². The molecule has 1 atom stereocenters. The molecule has 2 heterocycles. The summed E-state index contributed by atoms with van der Waals surface area (Å²) in [7, 11) is -3.52. The van der Waals surface area contributed by atoms with Crippen molar-refractivity contribution in [3.05, 3.63) is 65.1 Å². The van der Waals surface area contributed by atoms with Crippen LogP contribution in [0.5, 0.6) is 0 Å². The van der Waals surface area contributed by atoms with E-state index < -0.39 is 10.0 Å². The number of sulfonamides is 1. The Morgan fingerprint density at radius 1 is 1.21 bits per heavy atom. The van der Waals surface area contributed by atoms with E-state index in [1.807, 2.05) is 60.4 Å². The molecule has 1 aliphatic rings. The molecule has 0 amide bonds. The predicted molar refractivity (Wildman–Crippen MR) is 112 cm³/mol. The van der Waals surface area contributed by atoms with Crippen LogP contribution in [-0.2, 0) is 10.0 Å². The standard InChI is InChI=1S/C21H23N3O3S/c1-16-8-10-17(11-9-16)12-14-28(25,26)22-15-18-5-4-13-24(18)21-23-19-6-2-3-7-20(19)27-21/h2-3,6-12,14,18,22H,4-5,13,15H2,1H3/b14-12+. The Kier molecular flexibility index (Phi) is 5.19. The second-order valence-corrected chi connectivity index (χ2v) is 8.71. The lowest BCUT2D eigenvalue weighted by Gasteiger charge is -2.22. The van der Waals surface area contributed by atoms with Crippen LogP contribution in [-0.4, -0.2) is 32.5 Å². The van der Waals surface area contributed by atoms with Gasteiger partial charge >= 0.3 is 0 Å². The van der Waals surface area contributed by atoms with Gasteiger partial charge in [0.25, 0.3) is 6.01 Å². The first-order valence-electron chi connectivity index (χ1n) is 9.37. The minimum atomic E-state index is -3.52. The molecule has 28 heavy (non-hydrogen) atoms. The van der Waals surface area contributed by atoms with Crippen LogP contribution in [0, 0.1) is 6.92 Å². The van der Waals surface area contributed by atoms with Crippen LogP contribution >= 0.6 is 0 Å². The van der Waals surface area contributed by atoms with E-state index in [1.54, 1.807) is 6.08 Å². The van der Waals surface area contributed by atoms with Gasteiger partial charge in [-0.2, -0.15) is 4.98 Å². The fourth-order valence-corrected chi connectivity index (χ4v) is 4.25. The Morgan fingerprint density at radius 3 is 2.79 bits per heavy atom. The lowest BCUT2D eigenvalue weighted by Crippen LogP contribution is -2.39. The number of hydrogen-bond donors (Lipinski definition) is 1. The topological polar surface area (TPSA) is 75.4 Å². The first-order valence-corrected chi connectivity index (χ1v) is 10.9. The monoisotopic (exact) mass is 397 g/mol. The molecule has 3 aromatic rings. The molecule has 0 bridgehead atoms. The van der Waals surface area contributed by atoms with Crippen LogP contribution in [0.2, 0.25) is 0 Å². The van der Waals surface area contributed by atoms with Crippen molar-refractivity contribution in [3.63, 3.8) is 0 Å². The summed E-state index contributed by atoms with van der Waals surface area (Å²) in [5.41, 5.74) is 3.54. The Morgan fingerprint density at radius 2 is 2.00 bits per heavy atom. The number of aromatic nitrogens is 1. The summed E-state index contributed by atoms with van der Waals surface area (Å²) in [5.74, 6) is 0. The SMILES string of the molecule is Cc1ccc(/C=C/S(=O)(=O)NCC2CCCN2c2nc3ccccc3o2)cc1. The number of hydrogen-bond acceptors (Lipinski definition) is 5. The minimum absolute atomic E-state index is 0.0237. The van der Waals surface area contributed by atoms with E-state index in [-0.39, 0.29) is 6.04 Å². The fraction of sp³-hybridized carbons (Fsp3) is 0.286. The molecular formula is C21H23N3O3S. The normalized spacial score (nSPS) is 17.8. The summed E-state index contributed by atoms with van der Waals surface area (Å²) in [6, 6.07) is 15.9. The average molecular weight is 398 g/mol. The molecule has 146 valence electrons. The second-order valence-electron chi connectivity index (χ2n) is 7.06. The maximum absolute atomic E-state index is 12.4. The number of fused-ring (bicyclic) bond motifs is 1. The highest BCUT2D eigenvalue weighted by Gasteiger charge is 2.29. The highest BCUT2D eigenvalue weighted by Crippen LogP contribution is 2.28. The maximum Gasteiger partial charge on any atom is 0.298 e. The summed E-state index contributed by atoms with van der Waals surface area (Å²) in [6.07, 6.45) is 3.47. The maximum atomic E-state index is 12.4. The van der Waals surface area contributed by atoms with Crippen LogP contribution in [0.1, 0.15) is 24.0 Å². The molecule has 1 N–H and O–H groups in total. The third kappa shape index (κ3) is 4.26. The molecular weight excluding hydrogens is 374 g/mol. The molecule has 4 rings (SSSR count). The summed E-state index contributed by atoms with van der Waals surface area (Å²) >= 11 is 0. The van der Waals surface area contributed by atoms with Gasteiger partial charge in [-0.15, -0.1) is 0 Å². The van der Waals surface area contributed by atoms with Gasteiger partial charge in [-0.1, -0.05) is 42.0 Å². The smallest absolute Gasteiger partial charge is 0.298 e. The predicted octanol–water partition coefficient (Wildman–Crippen LogP) is 3.70. The van der Waals surface area contributed by atoms with Crippen molar-refractivity contribution in [2.24, 2.45) is 0 Å². The highest BCUT2D eigenvalue weighted by molar-refractivity contribution is 7.92. The van der Waals surface area contributed by atoms with E-state index in [9.17, 15) is 8.42 Å². The van der Waals surface area contributed by atoms with E-state index in [4.69, 9.17) is 4.42 Å². The van der Waals surface area contributed by atoms with Gasteiger partial charge in [-0.05, 0) is 43.5 Å². The molecule has 1 saturated heterocycles. The molecule has 1 aromatic heterocycles. The van der Waals surface area contributed by atoms with Crippen molar-refractivity contribution in [2.45, 2.75) is 25.8 Å². The van der Waals surface area contributed by atoms with Crippen LogP contribution in [0.15, 0.2) is 58.4 Å². The summed E-state index contributed by atoms with van der Waals surface area (Å²) < 4.78 is 33.3. The largest absolute Gasteiger partial charge is 0.423 e. The molecule has 0 saturated carbocycles. The Balaban J connectivity index is 1.42. The van der Waals surface area contributed by atoms with Gasteiger partial charge in [0, 0.05) is 24.5 Å². The van der Waals surface area contributed by atoms with Crippen molar-refractivity contribution in [2.75, 3.05) is 18.0 Å². The van der Waals surface area contributed by atoms with Gasteiger partial charge in [-0.3, -0.25) is 0 Å². The number of oxazole rings is 1. The summed E-state index contributed by atoms with van der Waals surface area (Å²) in [5, 5.41) is 1.22. The van der Waals surface area contributed by atoms with E-state index in [1.165, 1.54) is 5.41 Å². The van der Waals surface area contributed by atoms with Crippen molar-refractivity contribution in [1.82, 2.24) is 9.71 Å². The first-order chi connectivity index (χ1) is 13.5. The number of aryl methyl sites for hydroxylation is 1. The van der Waals surface area contributed by atoms with E-state index >= 15 is 0 Å². The van der Waals surface area contributed by atoms with E-state index in [0.29, 0.717) is 12.6 Å². The van der Waals surface area contributed by atoms with Crippen molar-refractivity contribution >= 4 is 33.2 Å². The molecule has 1 aliphatic heterocycles. The van der Waals surface area contributed by atoms with Crippen LogP contribution in [0.3, 0.4) is 0 Å². The lowest BCUT2D eigenvalue weighted by molar-refractivity contribution is 0.536. The van der Waals surface area contributed by atoms with Crippen LogP contribution in [0.25, 0.3) is 17.2 Å². The molecule has 0 aliphatic carbocycles. The number of nitrogens with one attached hydrogen (secondary N) is 1. The van der Waals surface area contributed by atoms with E-state index in [0.717, 1.165) is 41.6 Å². The zero-order valence-corrected chi connectivity index (χ0v) is 16.5. The number of nitrogens with zero attached hydrogens (tertiary/aromatic N) is 2. The molecule has 0 radical (unpaired) electrons. The summed E-state index contributed by atoms with van der Waals surface area (Å²) in [6.45, 7) is 3.12. The molecule has 2 aromatic carbocycles. The van der Waals surface area contributed by atoms with Crippen molar-refractivity contribution in [1.29, 1.82) is 0 Å². The number of rotatable bonds is 6. The Hall–Kier alpha value is -2.64. The third-order valence-corrected chi connectivity index (χ3v) is 6.01. The molecule has 1 fully saturated rings. The van der Waals surface area contributed by atoms with Gasteiger partial charge in [0.15, 0.2) is 5.58 Å². The van der Waals surface area contributed by atoms with Gasteiger partial charge < -0.3 is 9.32 Å². The average Bonchev–Trinajstić information content (AvgIpc) is 3.32. The third-order valence-electron chi connectivity index (χ3n) is 4.94. The molecule has 0 spiro atoms. The Bertz CT molecular complexity index is 1050. The highest BCUT2D eigenvalue weighted by atomic mass is 32.2. The lowest BCUT2D eigenvalue weighted by atomic mass is 10.2. The number of benzene rings is 2. The molecule has 1 unspecified atom stereocenters. The Labute approximate surface area is 164 Å². The minimum Gasteiger partial charge on any atom is -0.423 e. The molecule has 7 heteroatoms. The van der Waals surface area contributed by atoms with Gasteiger partial charge in [0.05, 0.1) is 0 Å². The zero-order valence-electron chi connectivity index (χ0n) is 15.7. The van der Waals surface area contributed by atoms with Crippen LogP contribution in [0.4, 0.5) is 6.01 Å². The first kappa shape index (κ1) is 18.7.